The maximum atomic E-state index is 12.9. The van der Waals surface area contributed by atoms with E-state index in [-0.39, 0.29) is 28.9 Å². The Hall–Kier alpha value is -2.69. The number of allylic oxidation sites excluding steroid dienone is 6. The monoisotopic (exact) mass is 412 g/mol. The van der Waals surface area contributed by atoms with E-state index in [9.17, 15) is 14.4 Å². The van der Waals surface area contributed by atoms with Crippen LogP contribution in [-0.2, 0) is 15.0 Å². The zero-order chi connectivity index (χ0) is 23.0. The Labute approximate surface area is 178 Å². The average Bonchev–Trinajstić information content (AvgIpc) is 2.69. The van der Waals surface area contributed by atoms with Crippen molar-refractivity contribution >= 4 is 11.6 Å². The first-order valence-electron chi connectivity index (χ1n) is 10.3. The largest absolute Gasteiger partial charge is 0.468 e. The fourth-order valence-corrected chi connectivity index (χ4v) is 4.54. The maximum Gasteiger partial charge on any atom is 0.291 e. The summed E-state index contributed by atoms with van der Waals surface area (Å²) >= 11 is 0. The molecule has 0 aromatic carbocycles. The van der Waals surface area contributed by atoms with Gasteiger partial charge in [-0.25, -0.2) is 0 Å². The van der Waals surface area contributed by atoms with Crippen LogP contribution in [0.5, 0.6) is 5.95 Å². The molecule has 1 aromatic rings. The fourth-order valence-electron chi connectivity index (χ4n) is 4.54. The summed E-state index contributed by atoms with van der Waals surface area (Å²) in [4.78, 5) is 37.9. The van der Waals surface area contributed by atoms with E-state index in [1.54, 1.807) is 27.7 Å². The van der Waals surface area contributed by atoms with Gasteiger partial charge in [0.2, 0.25) is 0 Å². The summed E-state index contributed by atoms with van der Waals surface area (Å²) in [5, 5.41) is 0. The SMILES string of the molecule is CCC(=O)C(C)C=C(C)C1=C(C)C(=O)C(C)=CC1(C)c1oc(OC)c(C)c(=O)c1C. The molecule has 2 rings (SSSR count). The molecule has 1 aliphatic rings. The molecule has 1 aliphatic carbocycles. The molecule has 1 aromatic heterocycles. The van der Waals surface area contributed by atoms with Gasteiger partial charge in [-0.1, -0.05) is 26.0 Å². The van der Waals surface area contributed by atoms with Crippen molar-refractivity contribution in [3.05, 3.63) is 61.6 Å². The van der Waals surface area contributed by atoms with Crippen LogP contribution in [0.1, 0.15) is 64.9 Å². The zero-order valence-electron chi connectivity index (χ0n) is 19.5. The van der Waals surface area contributed by atoms with Crippen molar-refractivity contribution in [1.29, 1.82) is 0 Å². The van der Waals surface area contributed by atoms with E-state index in [4.69, 9.17) is 9.15 Å². The third-order valence-corrected chi connectivity index (χ3v) is 6.03. The summed E-state index contributed by atoms with van der Waals surface area (Å²) in [5.41, 5.74) is 2.63. The lowest BCUT2D eigenvalue weighted by molar-refractivity contribution is -0.120. The second-order valence-corrected chi connectivity index (χ2v) is 8.32. The molecule has 2 atom stereocenters. The van der Waals surface area contributed by atoms with Crippen LogP contribution < -0.4 is 10.2 Å². The number of ketones is 2. The minimum Gasteiger partial charge on any atom is -0.468 e. The summed E-state index contributed by atoms with van der Waals surface area (Å²) in [5.74, 6) is 0.408. The van der Waals surface area contributed by atoms with Crippen LogP contribution in [0, 0.1) is 19.8 Å². The average molecular weight is 413 g/mol. The number of rotatable bonds is 6. The van der Waals surface area contributed by atoms with Crippen LogP contribution in [-0.4, -0.2) is 18.7 Å². The summed E-state index contributed by atoms with van der Waals surface area (Å²) in [6.45, 7) is 14.5. The van der Waals surface area contributed by atoms with Crippen molar-refractivity contribution < 1.29 is 18.7 Å². The lowest BCUT2D eigenvalue weighted by Gasteiger charge is -2.35. The van der Waals surface area contributed by atoms with Crippen molar-refractivity contribution in [2.45, 2.75) is 67.2 Å². The van der Waals surface area contributed by atoms with Crippen LogP contribution >= 0.6 is 0 Å². The Kier molecular flexibility index (Phi) is 6.75. The van der Waals surface area contributed by atoms with Gasteiger partial charge in [0.25, 0.3) is 5.95 Å². The van der Waals surface area contributed by atoms with E-state index >= 15 is 0 Å². The predicted molar refractivity (Wildman–Crippen MR) is 118 cm³/mol. The van der Waals surface area contributed by atoms with E-state index in [1.165, 1.54) is 7.11 Å². The van der Waals surface area contributed by atoms with Crippen LogP contribution in [0.4, 0.5) is 0 Å². The van der Waals surface area contributed by atoms with Gasteiger partial charge in [0.15, 0.2) is 11.2 Å². The normalized spacial score (nSPS) is 20.9. The number of hydrogen-bond donors (Lipinski definition) is 0. The smallest absolute Gasteiger partial charge is 0.291 e. The molecule has 0 fully saturated rings. The number of hydrogen-bond acceptors (Lipinski definition) is 5. The van der Waals surface area contributed by atoms with Crippen molar-refractivity contribution in [3.8, 4) is 5.95 Å². The van der Waals surface area contributed by atoms with E-state index in [0.29, 0.717) is 34.5 Å². The highest BCUT2D eigenvalue weighted by molar-refractivity contribution is 6.10. The molecular weight excluding hydrogens is 380 g/mol. The van der Waals surface area contributed by atoms with Crippen molar-refractivity contribution in [2.75, 3.05) is 7.11 Å². The summed E-state index contributed by atoms with van der Waals surface area (Å²) in [6, 6.07) is 0. The molecule has 0 N–H and O–H groups in total. The molecule has 0 amide bonds. The molecular formula is C25H32O5. The van der Waals surface area contributed by atoms with E-state index in [1.807, 2.05) is 39.8 Å². The minimum atomic E-state index is -0.859. The summed E-state index contributed by atoms with van der Waals surface area (Å²) < 4.78 is 11.4. The molecule has 2 unspecified atom stereocenters. The molecule has 1 heterocycles. The fraction of sp³-hybridized carbons (Fsp3) is 0.480. The highest BCUT2D eigenvalue weighted by atomic mass is 16.6. The van der Waals surface area contributed by atoms with Gasteiger partial charge in [0.1, 0.15) is 11.5 Å². The van der Waals surface area contributed by atoms with Crippen LogP contribution in [0.15, 0.2) is 43.7 Å². The number of methoxy groups -OCH3 is 1. The molecule has 30 heavy (non-hydrogen) atoms. The Bertz CT molecular complexity index is 1050. The highest BCUT2D eigenvalue weighted by Crippen LogP contribution is 2.45. The topological polar surface area (TPSA) is 73.6 Å². The van der Waals surface area contributed by atoms with Gasteiger partial charge in [0, 0.05) is 23.5 Å². The van der Waals surface area contributed by atoms with Gasteiger partial charge >= 0.3 is 0 Å². The van der Waals surface area contributed by atoms with Gasteiger partial charge in [-0.2, -0.15) is 0 Å². The quantitative estimate of drug-likeness (QED) is 0.662. The molecule has 0 spiro atoms. The van der Waals surface area contributed by atoms with Crippen LogP contribution in [0.3, 0.4) is 0 Å². The second-order valence-electron chi connectivity index (χ2n) is 8.32. The number of carbonyl (C=O) groups excluding carboxylic acids is 2. The Morgan fingerprint density at radius 2 is 1.80 bits per heavy atom. The van der Waals surface area contributed by atoms with Crippen LogP contribution in [0.25, 0.3) is 0 Å². The van der Waals surface area contributed by atoms with E-state index in [0.717, 1.165) is 11.1 Å². The predicted octanol–water partition coefficient (Wildman–Crippen LogP) is 4.93. The molecule has 0 radical (unpaired) electrons. The van der Waals surface area contributed by atoms with Gasteiger partial charge in [-0.15, -0.1) is 0 Å². The van der Waals surface area contributed by atoms with E-state index in [2.05, 4.69) is 0 Å². The van der Waals surface area contributed by atoms with Crippen molar-refractivity contribution in [3.63, 3.8) is 0 Å². The van der Waals surface area contributed by atoms with Gasteiger partial charge in [-0.05, 0) is 58.3 Å². The third kappa shape index (κ3) is 3.85. The highest BCUT2D eigenvalue weighted by Gasteiger charge is 2.41. The zero-order valence-corrected chi connectivity index (χ0v) is 19.5. The second kappa shape index (κ2) is 8.58. The first kappa shape index (κ1) is 23.6. The lowest BCUT2D eigenvalue weighted by atomic mass is 9.67. The molecule has 5 nitrogen and oxygen atoms in total. The summed E-state index contributed by atoms with van der Waals surface area (Å²) in [6.07, 6.45) is 4.19. The summed E-state index contributed by atoms with van der Waals surface area (Å²) in [7, 11) is 1.46. The number of ether oxygens (including phenoxy) is 1. The van der Waals surface area contributed by atoms with Gasteiger partial charge in [-0.3, -0.25) is 14.4 Å². The Morgan fingerprint density at radius 1 is 1.20 bits per heavy atom. The molecule has 0 saturated heterocycles. The van der Waals surface area contributed by atoms with Gasteiger partial charge < -0.3 is 9.15 Å². The van der Waals surface area contributed by atoms with Crippen molar-refractivity contribution in [2.24, 2.45) is 5.92 Å². The van der Waals surface area contributed by atoms with Crippen LogP contribution in [0.2, 0.25) is 0 Å². The lowest BCUT2D eigenvalue weighted by Crippen LogP contribution is -2.33. The molecule has 0 bridgehead atoms. The maximum absolute atomic E-state index is 12.9. The first-order chi connectivity index (χ1) is 13.9. The first-order valence-corrected chi connectivity index (χ1v) is 10.3. The van der Waals surface area contributed by atoms with E-state index < -0.39 is 5.41 Å². The number of Topliss-reactive ketones (excluding diaryl/α,β-unsaturated/α-hetero) is 2. The number of carbonyl (C=O) groups is 2. The molecule has 5 heteroatoms. The third-order valence-electron chi connectivity index (χ3n) is 6.03. The molecule has 162 valence electrons. The van der Waals surface area contributed by atoms with Gasteiger partial charge in [0.05, 0.1) is 18.1 Å². The Morgan fingerprint density at radius 3 is 2.33 bits per heavy atom. The standard InChI is InChI=1S/C25H32O5/c1-10-19(26)13(2)11-14(3)20-16(5)21(27)15(4)12-25(20,8)23-17(6)22(28)18(7)24(29-9)30-23/h11-13H,10H2,1-9H3. The Balaban J connectivity index is 2.86. The van der Waals surface area contributed by atoms with Crippen molar-refractivity contribution in [1.82, 2.24) is 0 Å². The molecule has 0 aliphatic heterocycles. The minimum absolute atomic E-state index is 0.0521. The molecule has 0 saturated carbocycles.